The predicted octanol–water partition coefficient (Wildman–Crippen LogP) is 6.20. The van der Waals surface area contributed by atoms with Crippen LogP contribution in [0.15, 0.2) is 109 Å². The summed E-state index contributed by atoms with van der Waals surface area (Å²) in [5.41, 5.74) is 5.65. The normalized spacial score (nSPS) is 10.5. The highest BCUT2D eigenvalue weighted by atomic mass is 16.1. The Hall–Kier alpha value is -3.78. The van der Waals surface area contributed by atoms with Gasteiger partial charge < -0.3 is 0 Å². The van der Waals surface area contributed by atoms with E-state index in [0.29, 0.717) is 12.8 Å². The molecule has 0 heterocycles. The number of benzene rings is 4. The van der Waals surface area contributed by atoms with E-state index in [2.05, 4.69) is 0 Å². The van der Waals surface area contributed by atoms with Crippen molar-refractivity contribution in [2.45, 2.75) is 12.8 Å². The Kier molecular flexibility index (Phi) is 5.95. The molecule has 4 aromatic rings. The minimum atomic E-state index is 0.121. The highest BCUT2D eigenvalue weighted by molar-refractivity contribution is 5.98. The van der Waals surface area contributed by atoms with Crippen molar-refractivity contribution in [3.63, 3.8) is 0 Å². The number of ketones is 2. The number of hydrogen-bond acceptors (Lipinski definition) is 2. The number of rotatable bonds is 7. The third kappa shape index (κ3) is 4.79. The van der Waals surface area contributed by atoms with E-state index < -0.39 is 0 Å². The van der Waals surface area contributed by atoms with E-state index >= 15 is 0 Å². The van der Waals surface area contributed by atoms with Gasteiger partial charge in [-0.2, -0.15) is 0 Å². The molecule has 0 unspecified atom stereocenters. The third-order valence-electron chi connectivity index (χ3n) is 5.16. The van der Waals surface area contributed by atoms with Gasteiger partial charge in [-0.3, -0.25) is 9.59 Å². The van der Waals surface area contributed by atoms with E-state index in [9.17, 15) is 9.59 Å². The smallest absolute Gasteiger partial charge is 0.167 e. The van der Waals surface area contributed by atoms with Crippen LogP contribution in [-0.2, 0) is 12.8 Å². The number of Topliss-reactive ketones (excluding diaryl/α,β-unsaturated/α-hetero) is 2. The van der Waals surface area contributed by atoms with Gasteiger partial charge >= 0.3 is 0 Å². The zero-order valence-corrected chi connectivity index (χ0v) is 16.6. The molecule has 0 fully saturated rings. The van der Waals surface area contributed by atoms with Crippen LogP contribution in [0, 0.1) is 0 Å². The first-order valence-corrected chi connectivity index (χ1v) is 10.0. The molecule has 0 saturated carbocycles. The monoisotopic (exact) mass is 390 g/mol. The SMILES string of the molecule is O=C(Cc1ccc(-c2ccc(CC(=O)c3ccccc3)cc2)cc1)c1ccccc1. The fourth-order valence-corrected chi connectivity index (χ4v) is 3.45. The first-order chi connectivity index (χ1) is 14.7. The maximum atomic E-state index is 12.4. The van der Waals surface area contributed by atoms with E-state index in [-0.39, 0.29) is 11.6 Å². The third-order valence-corrected chi connectivity index (χ3v) is 5.16. The van der Waals surface area contributed by atoms with E-state index in [4.69, 9.17) is 0 Å². The summed E-state index contributed by atoms with van der Waals surface area (Å²) in [6.07, 6.45) is 0.787. The maximum absolute atomic E-state index is 12.4. The highest BCUT2D eigenvalue weighted by Gasteiger charge is 2.08. The van der Waals surface area contributed by atoms with Crippen LogP contribution >= 0.6 is 0 Å². The van der Waals surface area contributed by atoms with Crippen molar-refractivity contribution in [3.8, 4) is 11.1 Å². The van der Waals surface area contributed by atoms with Gasteiger partial charge in [-0.25, -0.2) is 0 Å². The first-order valence-electron chi connectivity index (χ1n) is 10.0. The highest BCUT2D eigenvalue weighted by Crippen LogP contribution is 2.21. The molecule has 2 heteroatoms. The zero-order valence-electron chi connectivity index (χ0n) is 16.6. The Morgan fingerprint density at radius 1 is 0.433 bits per heavy atom. The van der Waals surface area contributed by atoms with Gasteiger partial charge in [0, 0.05) is 24.0 Å². The summed E-state index contributed by atoms with van der Waals surface area (Å²) in [5, 5.41) is 0. The molecule has 0 aliphatic heterocycles. The minimum Gasteiger partial charge on any atom is -0.294 e. The lowest BCUT2D eigenvalue weighted by Crippen LogP contribution is -2.03. The molecule has 146 valence electrons. The second kappa shape index (κ2) is 9.15. The van der Waals surface area contributed by atoms with Crippen molar-refractivity contribution in [1.82, 2.24) is 0 Å². The van der Waals surface area contributed by atoms with E-state index in [1.807, 2.05) is 109 Å². The van der Waals surface area contributed by atoms with Gasteiger partial charge in [-0.1, -0.05) is 109 Å². The Morgan fingerprint density at radius 3 is 1.10 bits per heavy atom. The first kappa shape index (κ1) is 19.5. The molecule has 4 rings (SSSR count). The summed E-state index contributed by atoms with van der Waals surface area (Å²) in [7, 11) is 0. The molecule has 0 N–H and O–H groups in total. The van der Waals surface area contributed by atoms with Crippen molar-refractivity contribution in [2.24, 2.45) is 0 Å². The molecule has 0 radical (unpaired) electrons. The lowest BCUT2D eigenvalue weighted by molar-refractivity contribution is 0.0984. The molecule has 0 atom stereocenters. The van der Waals surface area contributed by atoms with Gasteiger partial charge in [0.2, 0.25) is 0 Å². The Morgan fingerprint density at radius 2 is 0.767 bits per heavy atom. The fourth-order valence-electron chi connectivity index (χ4n) is 3.45. The van der Waals surface area contributed by atoms with Crippen LogP contribution in [0.3, 0.4) is 0 Å². The number of hydrogen-bond donors (Lipinski definition) is 0. The van der Waals surface area contributed by atoms with Crippen molar-refractivity contribution in [1.29, 1.82) is 0 Å². The summed E-state index contributed by atoms with van der Waals surface area (Å²) in [4.78, 5) is 24.7. The van der Waals surface area contributed by atoms with Gasteiger partial charge in [0.15, 0.2) is 11.6 Å². The van der Waals surface area contributed by atoms with Crippen LogP contribution in [0.5, 0.6) is 0 Å². The van der Waals surface area contributed by atoms with Gasteiger partial charge in [0.1, 0.15) is 0 Å². The lowest BCUT2D eigenvalue weighted by atomic mass is 9.97. The molecule has 0 bridgehead atoms. The average molecular weight is 390 g/mol. The van der Waals surface area contributed by atoms with Gasteiger partial charge in [0.05, 0.1) is 0 Å². The van der Waals surface area contributed by atoms with Crippen molar-refractivity contribution in [2.75, 3.05) is 0 Å². The van der Waals surface area contributed by atoms with Crippen LogP contribution in [-0.4, -0.2) is 11.6 Å². The van der Waals surface area contributed by atoms with Crippen LogP contribution in [0.1, 0.15) is 31.8 Å². The molecule has 2 nitrogen and oxygen atoms in total. The second-order valence-corrected chi connectivity index (χ2v) is 7.33. The maximum Gasteiger partial charge on any atom is 0.167 e. The standard InChI is InChI=1S/C28H22O2/c29-27(25-7-3-1-4-8-25)19-21-11-15-23(16-12-21)24-17-13-22(14-18-24)20-28(30)26-9-5-2-6-10-26/h1-18H,19-20H2. The summed E-state index contributed by atoms with van der Waals surface area (Å²) in [5.74, 6) is 0.242. The van der Waals surface area contributed by atoms with Crippen LogP contribution in [0.4, 0.5) is 0 Å². The van der Waals surface area contributed by atoms with Crippen LogP contribution in [0.2, 0.25) is 0 Å². The molecule has 0 spiro atoms. The lowest BCUT2D eigenvalue weighted by Gasteiger charge is -2.07. The Bertz CT molecular complexity index is 1030. The Balaban J connectivity index is 1.41. The van der Waals surface area contributed by atoms with E-state index in [0.717, 1.165) is 33.4 Å². The molecule has 0 aliphatic rings. The summed E-state index contributed by atoms with van der Waals surface area (Å²) in [6, 6.07) is 34.9. The summed E-state index contributed by atoms with van der Waals surface area (Å²) in [6.45, 7) is 0. The van der Waals surface area contributed by atoms with E-state index in [1.165, 1.54) is 0 Å². The second-order valence-electron chi connectivity index (χ2n) is 7.33. The van der Waals surface area contributed by atoms with Gasteiger partial charge in [-0.05, 0) is 22.3 Å². The molecule has 30 heavy (non-hydrogen) atoms. The molecule has 4 aromatic carbocycles. The largest absolute Gasteiger partial charge is 0.294 e. The minimum absolute atomic E-state index is 0.121. The number of carbonyl (C=O) groups excluding carboxylic acids is 2. The summed E-state index contributed by atoms with van der Waals surface area (Å²) >= 11 is 0. The molecular formula is C28H22O2. The zero-order chi connectivity index (χ0) is 20.8. The van der Waals surface area contributed by atoms with Crippen molar-refractivity contribution in [3.05, 3.63) is 131 Å². The average Bonchev–Trinajstić information content (AvgIpc) is 2.81. The molecule has 0 saturated heterocycles. The van der Waals surface area contributed by atoms with Crippen molar-refractivity contribution < 1.29 is 9.59 Å². The van der Waals surface area contributed by atoms with Gasteiger partial charge in [-0.15, -0.1) is 0 Å². The Labute approximate surface area is 176 Å². The molecular weight excluding hydrogens is 368 g/mol. The molecule has 0 aromatic heterocycles. The summed E-state index contributed by atoms with van der Waals surface area (Å²) < 4.78 is 0. The molecule has 0 aliphatic carbocycles. The predicted molar refractivity (Wildman–Crippen MR) is 121 cm³/mol. The fraction of sp³-hybridized carbons (Fsp3) is 0.0714. The topological polar surface area (TPSA) is 34.1 Å². The van der Waals surface area contributed by atoms with Crippen LogP contribution < -0.4 is 0 Å². The quantitative estimate of drug-likeness (QED) is 0.352. The van der Waals surface area contributed by atoms with E-state index in [1.54, 1.807) is 0 Å². The van der Waals surface area contributed by atoms with Gasteiger partial charge in [0.25, 0.3) is 0 Å². The molecule has 0 amide bonds. The number of carbonyl (C=O) groups is 2. The van der Waals surface area contributed by atoms with Crippen molar-refractivity contribution >= 4 is 11.6 Å². The van der Waals surface area contributed by atoms with Crippen LogP contribution in [0.25, 0.3) is 11.1 Å².